The molecule has 0 spiro atoms. The number of Topliss-reactive ketones (excluding diaryl/α,β-unsaturated/α-hetero) is 1. The third-order valence-electron chi connectivity index (χ3n) is 6.54. The van der Waals surface area contributed by atoms with Crippen LogP contribution < -0.4 is 4.90 Å². The molecule has 5 rings (SSSR count). The molecule has 3 aliphatic heterocycles. The number of benzene rings is 2. The Hall–Kier alpha value is -2.50. The van der Waals surface area contributed by atoms with E-state index in [9.17, 15) is 14.4 Å². The summed E-state index contributed by atoms with van der Waals surface area (Å²) in [5.74, 6) is -1.62. The molecule has 3 aliphatic rings. The molecule has 29 heavy (non-hydrogen) atoms. The van der Waals surface area contributed by atoms with E-state index >= 15 is 0 Å². The minimum atomic E-state index is -0.628. The molecule has 0 aromatic heterocycles. The number of fused-ring (bicyclic) bond motifs is 3. The second-order valence-electron chi connectivity index (χ2n) is 8.16. The van der Waals surface area contributed by atoms with Crippen LogP contribution in [0.15, 0.2) is 48.5 Å². The molecule has 6 heteroatoms. The summed E-state index contributed by atoms with van der Waals surface area (Å²) >= 11 is 5.96. The van der Waals surface area contributed by atoms with Crippen molar-refractivity contribution in [2.45, 2.75) is 31.8 Å². The van der Waals surface area contributed by atoms with Crippen LogP contribution in [0.2, 0.25) is 5.02 Å². The zero-order valence-electron chi connectivity index (χ0n) is 16.0. The van der Waals surface area contributed by atoms with Gasteiger partial charge in [0.25, 0.3) is 0 Å². The molecule has 3 fully saturated rings. The first-order valence-corrected chi connectivity index (χ1v) is 10.3. The van der Waals surface area contributed by atoms with E-state index in [1.165, 1.54) is 4.90 Å². The molecule has 3 heterocycles. The number of anilines is 1. The molecule has 2 aromatic rings. The van der Waals surface area contributed by atoms with Gasteiger partial charge in [0, 0.05) is 16.6 Å². The summed E-state index contributed by atoms with van der Waals surface area (Å²) in [5.41, 5.74) is 2.19. The first-order valence-electron chi connectivity index (χ1n) is 9.97. The zero-order valence-corrected chi connectivity index (χ0v) is 16.8. The highest BCUT2D eigenvalue weighted by molar-refractivity contribution is 6.31. The Labute approximate surface area is 174 Å². The number of carbonyl (C=O) groups is 3. The monoisotopic (exact) mass is 408 g/mol. The number of carbonyl (C=O) groups excluding carboxylic acids is 3. The number of halogens is 1. The number of imide groups is 1. The van der Waals surface area contributed by atoms with Gasteiger partial charge in [-0.1, -0.05) is 41.4 Å². The molecule has 0 N–H and O–H groups in total. The van der Waals surface area contributed by atoms with E-state index in [0.717, 1.165) is 24.9 Å². The number of aryl methyl sites for hydroxylation is 1. The van der Waals surface area contributed by atoms with Crippen LogP contribution in [0, 0.1) is 18.8 Å². The number of nitrogens with zero attached hydrogens (tertiary/aromatic N) is 2. The maximum absolute atomic E-state index is 13.4. The third kappa shape index (κ3) is 2.75. The fourth-order valence-corrected chi connectivity index (χ4v) is 5.37. The highest BCUT2D eigenvalue weighted by Crippen LogP contribution is 2.48. The Morgan fingerprint density at radius 2 is 1.62 bits per heavy atom. The van der Waals surface area contributed by atoms with Crippen molar-refractivity contribution in [1.29, 1.82) is 0 Å². The summed E-state index contributed by atoms with van der Waals surface area (Å²) in [6.45, 7) is 2.72. The van der Waals surface area contributed by atoms with Crippen LogP contribution in [0.4, 0.5) is 5.69 Å². The smallest absolute Gasteiger partial charge is 0.239 e. The molecule has 0 radical (unpaired) electrons. The van der Waals surface area contributed by atoms with E-state index in [0.29, 0.717) is 16.3 Å². The molecule has 5 nitrogen and oxygen atoms in total. The highest BCUT2D eigenvalue weighted by atomic mass is 35.5. The van der Waals surface area contributed by atoms with Crippen molar-refractivity contribution in [2.24, 2.45) is 11.8 Å². The lowest BCUT2D eigenvalue weighted by Crippen LogP contribution is -2.46. The van der Waals surface area contributed by atoms with E-state index < -0.39 is 17.9 Å². The second-order valence-corrected chi connectivity index (χ2v) is 8.60. The van der Waals surface area contributed by atoms with Gasteiger partial charge in [0.05, 0.1) is 23.6 Å². The van der Waals surface area contributed by atoms with Gasteiger partial charge in [0.2, 0.25) is 11.8 Å². The van der Waals surface area contributed by atoms with Crippen molar-refractivity contribution in [3.63, 3.8) is 0 Å². The highest BCUT2D eigenvalue weighted by Gasteiger charge is 2.64. The molecule has 0 bridgehead atoms. The molecule has 2 amide bonds. The van der Waals surface area contributed by atoms with Gasteiger partial charge in [0.15, 0.2) is 5.78 Å². The molecule has 3 saturated heterocycles. The third-order valence-corrected chi connectivity index (χ3v) is 6.79. The van der Waals surface area contributed by atoms with Crippen LogP contribution in [0.5, 0.6) is 0 Å². The largest absolute Gasteiger partial charge is 0.292 e. The van der Waals surface area contributed by atoms with E-state index in [1.54, 1.807) is 24.3 Å². The van der Waals surface area contributed by atoms with Crippen LogP contribution in [0.3, 0.4) is 0 Å². The van der Waals surface area contributed by atoms with Gasteiger partial charge in [-0.05, 0) is 50.6 Å². The van der Waals surface area contributed by atoms with Crippen LogP contribution in [0.25, 0.3) is 0 Å². The lowest BCUT2D eigenvalue weighted by atomic mass is 9.85. The first-order chi connectivity index (χ1) is 14.0. The lowest BCUT2D eigenvalue weighted by molar-refractivity contribution is -0.123. The second kappa shape index (κ2) is 6.78. The Morgan fingerprint density at radius 1 is 0.966 bits per heavy atom. The predicted octanol–water partition coefficient (Wildman–Crippen LogP) is 3.48. The average molecular weight is 409 g/mol. The zero-order chi connectivity index (χ0) is 20.3. The van der Waals surface area contributed by atoms with Crippen molar-refractivity contribution < 1.29 is 14.4 Å². The summed E-state index contributed by atoms with van der Waals surface area (Å²) in [6, 6.07) is 13.5. The first kappa shape index (κ1) is 18.5. The minimum Gasteiger partial charge on any atom is -0.292 e. The summed E-state index contributed by atoms with van der Waals surface area (Å²) in [4.78, 5) is 43.5. The number of hydrogen-bond donors (Lipinski definition) is 0. The van der Waals surface area contributed by atoms with E-state index in [-0.39, 0.29) is 23.6 Å². The van der Waals surface area contributed by atoms with Crippen LogP contribution in [-0.4, -0.2) is 41.1 Å². The van der Waals surface area contributed by atoms with Crippen LogP contribution in [-0.2, 0) is 9.59 Å². The fourth-order valence-electron chi connectivity index (χ4n) is 5.25. The standard InChI is InChI=1S/C23H21ClN2O3/c1-13-4-6-14(7-5-13)21(27)20-19-18(17-3-2-12-25(17)20)22(28)26(23(19)29)16-10-8-15(24)9-11-16/h4-11,17-20H,2-3,12H2,1H3/t17-,18-,19-,20-/m1/s1. The van der Waals surface area contributed by atoms with Crippen LogP contribution in [0.1, 0.15) is 28.8 Å². The predicted molar refractivity (Wildman–Crippen MR) is 110 cm³/mol. The Morgan fingerprint density at radius 3 is 2.31 bits per heavy atom. The van der Waals surface area contributed by atoms with Gasteiger partial charge >= 0.3 is 0 Å². The minimum absolute atomic E-state index is 0.0480. The van der Waals surface area contributed by atoms with Crippen molar-refractivity contribution in [1.82, 2.24) is 4.90 Å². The molecule has 0 unspecified atom stereocenters. The summed E-state index contributed by atoms with van der Waals surface area (Å²) < 4.78 is 0. The quantitative estimate of drug-likeness (QED) is 0.576. The average Bonchev–Trinajstić information content (AvgIpc) is 3.35. The van der Waals surface area contributed by atoms with Gasteiger partial charge < -0.3 is 0 Å². The molecule has 0 aliphatic carbocycles. The normalized spacial score (nSPS) is 28.7. The van der Waals surface area contributed by atoms with Gasteiger partial charge in [0.1, 0.15) is 0 Å². The number of hydrogen-bond acceptors (Lipinski definition) is 4. The topological polar surface area (TPSA) is 57.7 Å². The van der Waals surface area contributed by atoms with Gasteiger partial charge in [-0.3, -0.25) is 19.3 Å². The van der Waals surface area contributed by atoms with Crippen molar-refractivity contribution in [3.05, 3.63) is 64.7 Å². The molecule has 148 valence electrons. The molecular formula is C23H21ClN2O3. The number of rotatable bonds is 3. The summed E-state index contributed by atoms with van der Waals surface area (Å²) in [7, 11) is 0. The number of amides is 2. The van der Waals surface area contributed by atoms with Crippen molar-refractivity contribution in [2.75, 3.05) is 11.4 Å². The molecule has 0 saturated carbocycles. The van der Waals surface area contributed by atoms with Crippen LogP contribution >= 0.6 is 11.6 Å². The van der Waals surface area contributed by atoms with Gasteiger partial charge in [-0.15, -0.1) is 0 Å². The summed E-state index contributed by atoms with van der Waals surface area (Å²) in [5, 5.41) is 0.544. The maximum Gasteiger partial charge on any atom is 0.239 e. The molecule has 4 atom stereocenters. The maximum atomic E-state index is 13.4. The van der Waals surface area contributed by atoms with Crippen molar-refractivity contribution in [3.8, 4) is 0 Å². The Kier molecular flexibility index (Phi) is 4.33. The molecular weight excluding hydrogens is 388 g/mol. The van der Waals surface area contributed by atoms with Crippen molar-refractivity contribution >= 4 is 34.9 Å². The van der Waals surface area contributed by atoms with E-state index in [4.69, 9.17) is 11.6 Å². The van der Waals surface area contributed by atoms with E-state index in [1.807, 2.05) is 31.2 Å². The SMILES string of the molecule is Cc1ccc(C(=O)[C@H]2[C@@H]3C(=O)N(c4ccc(Cl)cc4)C(=O)[C@@H]3[C@H]3CCCN32)cc1. The van der Waals surface area contributed by atoms with Gasteiger partial charge in [-0.25, -0.2) is 4.90 Å². The lowest BCUT2D eigenvalue weighted by Gasteiger charge is -2.27. The Balaban J connectivity index is 1.54. The van der Waals surface area contributed by atoms with Gasteiger partial charge in [-0.2, -0.15) is 0 Å². The number of ketones is 1. The Bertz CT molecular complexity index is 1000. The fraction of sp³-hybridized carbons (Fsp3) is 0.348. The van der Waals surface area contributed by atoms with E-state index in [2.05, 4.69) is 4.90 Å². The summed E-state index contributed by atoms with van der Waals surface area (Å²) in [6.07, 6.45) is 1.78. The molecule has 2 aromatic carbocycles.